The second-order valence-corrected chi connectivity index (χ2v) is 7.21. The normalized spacial score (nSPS) is 14.4. The number of ether oxygens (including phenoxy) is 1. The molecule has 0 saturated carbocycles. The van der Waals surface area contributed by atoms with Crippen LogP contribution in [-0.4, -0.2) is 32.9 Å². The summed E-state index contributed by atoms with van der Waals surface area (Å²) in [5, 5.41) is 9.58. The van der Waals surface area contributed by atoms with Gasteiger partial charge in [-0.1, -0.05) is 18.2 Å². The van der Waals surface area contributed by atoms with Gasteiger partial charge in [0.05, 0.1) is 11.4 Å². The zero-order valence-corrected chi connectivity index (χ0v) is 16.3. The molecule has 0 amide bonds. The molecule has 1 aliphatic heterocycles. The summed E-state index contributed by atoms with van der Waals surface area (Å²) >= 11 is 0. The molecular weight excluding hydrogens is 395 g/mol. The Balaban J connectivity index is 1.62. The van der Waals surface area contributed by atoms with Crippen LogP contribution in [0.3, 0.4) is 0 Å². The maximum atomic E-state index is 12.7. The van der Waals surface area contributed by atoms with Gasteiger partial charge in [-0.05, 0) is 37.3 Å². The number of para-hydroxylation sites is 1. The quantitative estimate of drug-likeness (QED) is 0.674. The monoisotopic (exact) mass is 415 g/mol. The summed E-state index contributed by atoms with van der Waals surface area (Å²) in [6.07, 6.45) is -4.06. The summed E-state index contributed by atoms with van der Waals surface area (Å²) < 4.78 is 42.4. The van der Waals surface area contributed by atoms with Crippen LogP contribution < -0.4 is 4.74 Å². The first-order chi connectivity index (χ1) is 14.3. The van der Waals surface area contributed by atoms with E-state index in [2.05, 4.69) is 19.6 Å². The van der Waals surface area contributed by atoms with Crippen molar-refractivity contribution in [2.24, 2.45) is 0 Å². The number of fused-ring (bicyclic) bond motifs is 1. The average Bonchev–Trinajstić information content (AvgIpc) is 2.69. The van der Waals surface area contributed by atoms with E-state index in [0.29, 0.717) is 37.4 Å². The number of hydrogen-bond donors (Lipinski definition) is 1. The van der Waals surface area contributed by atoms with E-state index in [-0.39, 0.29) is 11.5 Å². The van der Waals surface area contributed by atoms with Crippen LogP contribution in [0.4, 0.5) is 13.2 Å². The highest BCUT2D eigenvalue weighted by Crippen LogP contribution is 2.32. The largest absolute Gasteiger partial charge is 0.573 e. The molecule has 0 unspecified atom stereocenters. The molecule has 2 aromatic carbocycles. The van der Waals surface area contributed by atoms with E-state index in [1.807, 2.05) is 6.92 Å². The third kappa shape index (κ3) is 4.54. The number of benzene rings is 2. The molecule has 0 aliphatic carbocycles. The van der Waals surface area contributed by atoms with Crippen LogP contribution in [0.2, 0.25) is 0 Å². The number of nitrogens with zero attached hydrogens (tertiary/aromatic N) is 3. The molecule has 0 atom stereocenters. The maximum absolute atomic E-state index is 12.7. The standard InChI is InChI=1S/C22H20F3N3O2/c1-14-26-19-10-11-28(12-16-4-2-3-5-20(16)30-22(23,24)25)13-18(19)21(27-14)15-6-8-17(29)9-7-15/h2-9,29H,10-13H2,1H3. The van der Waals surface area contributed by atoms with Crippen molar-refractivity contribution in [2.45, 2.75) is 32.8 Å². The van der Waals surface area contributed by atoms with E-state index in [0.717, 1.165) is 22.5 Å². The molecule has 0 radical (unpaired) electrons. The molecule has 156 valence electrons. The summed E-state index contributed by atoms with van der Waals surface area (Å²) in [7, 11) is 0. The molecule has 4 rings (SSSR count). The fraction of sp³-hybridized carbons (Fsp3) is 0.273. The molecule has 0 spiro atoms. The number of aromatic nitrogens is 2. The van der Waals surface area contributed by atoms with Gasteiger partial charge in [0.1, 0.15) is 17.3 Å². The molecule has 0 saturated heterocycles. The number of halogens is 3. The molecule has 5 nitrogen and oxygen atoms in total. The van der Waals surface area contributed by atoms with Crippen LogP contribution in [-0.2, 0) is 19.5 Å². The predicted octanol–water partition coefficient (Wildman–Crippen LogP) is 4.61. The number of alkyl halides is 3. The Hall–Kier alpha value is -3.13. The van der Waals surface area contributed by atoms with Crippen LogP contribution >= 0.6 is 0 Å². The highest BCUT2D eigenvalue weighted by molar-refractivity contribution is 5.65. The van der Waals surface area contributed by atoms with Crippen molar-refractivity contribution in [3.05, 3.63) is 71.2 Å². The lowest BCUT2D eigenvalue weighted by molar-refractivity contribution is -0.275. The first-order valence-electron chi connectivity index (χ1n) is 9.50. The lowest BCUT2D eigenvalue weighted by atomic mass is 9.98. The molecular formula is C22H20F3N3O2. The topological polar surface area (TPSA) is 58.5 Å². The third-order valence-corrected chi connectivity index (χ3v) is 4.98. The van der Waals surface area contributed by atoms with Crippen LogP contribution in [0.5, 0.6) is 11.5 Å². The Morgan fingerprint density at radius 1 is 1.07 bits per heavy atom. The number of hydrogen-bond acceptors (Lipinski definition) is 5. The Morgan fingerprint density at radius 3 is 2.53 bits per heavy atom. The van der Waals surface area contributed by atoms with Crippen molar-refractivity contribution in [1.82, 2.24) is 14.9 Å². The summed E-state index contributed by atoms with van der Waals surface area (Å²) in [6.45, 7) is 3.32. The third-order valence-electron chi connectivity index (χ3n) is 4.98. The van der Waals surface area contributed by atoms with Gasteiger partial charge in [0.15, 0.2) is 0 Å². The molecule has 1 aromatic heterocycles. The zero-order chi connectivity index (χ0) is 21.3. The number of aryl methyl sites for hydroxylation is 1. The SMILES string of the molecule is Cc1nc2c(c(-c3ccc(O)cc3)n1)CN(Cc1ccccc1OC(F)(F)F)CC2. The Kier molecular flexibility index (Phi) is 5.34. The van der Waals surface area contributed by atoms with Crippen molar-refractivity contribution in [2.75, 3.05) is 6.54 Å². The minimum absolute atomic E-state index is 0.168. The Labute approximate surface area is 171 Å². The Morgan fingerprint density at radius 2 is 1.80 bits per heavy atom. The van der Waals surface area contributed by atoms with Crippen molar-refractivity contribution in [1.29, 1.82) is 0 Å². The van der Waals surface area contributed by atoms with Crippen LogP contribution in [0.25, 0.3) is 11.3 Å². The fourth-order valence-corrected chi connectivity index (χ4v) is 3.69. The molecule has 1 N–H and O–H groups in total. The summed E-state index contributed by atoms with van der Waals surface area (Å²) in [5.74, 6) is 0.644. The Bertz CT molecular complexity index is 1050. The van der Waals surface area contributed by atoms with Gasteiger partial charge in [-0.2, -0.15) is 0 Å². The second-order valence-electron chi connectivity index (χ2n) is 7.21. The molecule has 8 heteroatoms. The summed E-state index contributed by atoms with van der Waals surface area (Å²) in [5.41, 5.74) is 4.00. The zero-order valence-electron chi connectivity index (χ0n) is 16.3. The number of phenolic OH excluding ortho intramolecular Hbond substituents is 1. The highest BCUT2D eigenvalue weighted by Gasteiger charge is 2.32. The van der Waals surface area contributed by atoms with Gasteiger partial charge in [-0.15, -0.1) is 13.2 Å². The van der Waals surface area contributed by atoms with Crippen LogP contribution in [0.1, 0.15) is 22.6 Å². The van der Waals surface area contributed by atoms with Crippen molar-refractivity contribution >= 4 is 0 Å². The van der Waals surface area contributed by atoms with Crippen LogP contribution in [0.15, 0.2) is 48.5 Å². The van der Waals surface area contributed by atoms with Gasteiger partial charge in [-0.25, -0.2) is 9.97 Å². The highest BCUT2D eigenvalue weighted by atomic mass is 19.4. The van der Waals surface area contributed by atoms with Gasteiger partial charge in [0, 0.05) is 42.7 Å². The minimum atomic E-state index is -4.73. The van der Waals surface area contributed by atoms with Gasteiger partial charge in [0.25, 0.3) is 0 Å². The van der Waals surface area contributed by atoms with Crippen molar-refractivity contribution in [3.63, 3.8) is 0 Å². The second kappa shape index (κ2) is 7.95. The van der Waals surface area contributed by atoms with Gasteiger partial charge in [-0.3, -0.25) is 4.90 Å². The number of phenols is 1. The van der Waals surface area contributed by atoms with Gasteiger partial charge < -0.3 is 9.84 Å². The molecule has 30 heavy (non-hydrogen) atoms. The van der Waals surface area contributed by atoms with Crippen molar-refractivity contribution in [3.8, 4) is 22.8 Å². The van der Waals surface area contributed by atoms with Gasteiger partial charge >= 0.3 is 6.36 Å². The molecule has 0 bridgehead atoms. The van der Waals surface area contributed by atoms with E-state index < -0.39 is 6.36 Å². The maximum Gasteiger partial charge on any atom is 0.573 e. The molecule has 1 aliphatic rings. The minimum Gasteiger partial charge on any atom is -0.508 e. The fourth-order valence-electron chi connectivity index (χ4n) is 3.69. The predicted molar refractivity (Wildman–Crippen MR) is 105 cm³/mol. The van der Waals surface area contributed by atoms with E-state index in [9.17, 15) is 18.3 Å². The van der Waals surface area contributed by atoms with E-state index in [4.69, 9.17) is 0 Å². The average molecular weight is 415 g/mol. The smallest absolute Gasteiger partial charge is 0.508 e. The van der Waals surface area contributed by atoms with E-state index in [1.165, 1.54) is 12.1 Å². The number of rotatable bonds is 4. The van der Waals surface area contributed by atoms with Gasteiger partial charge in [0.2, 0.25) is 0 Å². The lowest BCUT2D eigenvalue weighted by Crippen LogP contribution is -2.32. The summed E-state index contributed by atoms with van der Waals surface area (Å²) in [4.78, 5) is 11.2. The first-order valence-corrected chi connectivity index (χ1v) is 9.50. The first kappa shape index (κ1) is 20.2. The number of aromatic hydroxyl groups is 1. The van der Waals surface area contributed by atoms with E-state index in [1.54, 1.807) is 36.4 Å². The van der Waals surface area contributed by atoms with E-state index >= 15 is 0 Å². The summed E-state index contributed by atoms with van der Waals surface area (Å²) in [6, 6.07) is 13.0. The molecule has 2 heterocycles. The van der Waals surface area contributed by atoms with Crippen molar-refractivity contribution < 1.29 is 23.0 Å². The van der Waals surface area contributed by atoms with Crippen LogP contribution in [0, 0.1) is 6.92 Å². The lowest BCUT2D eigenvalue weighted by Gasteiger charge is -2.30. The molecule has 3 aromatic rings. The molecule has 0 fully saturated rings.